The number of hydrogen-bond donors (Lipinski definition) is 2. The summed E-state index contributed by atoms with van der Waals surface area (Å²) in [4.78, 5) is 24.6. The van der Waals surface area contributed by atoms with Crippen molar-refractivity contribution in [1.29, 1.82) is 0 Å². The van der Waals surface area contributed by atoms with E-state index in [1.54, 1.807) is 6.92 Å². The molecule has 6 nitrogen and oxygen atoms in total. The van der Waals surface area contributed by atoms with Crippen molar-refractivity contribution in [3.05, 3.63) is 36.4 Å². The summed E-state index contributed by atoms with van der Waals surface area (Å²) < 4.78 is 44.6. The molecule has 1 heterocycles. The summed E-state index contributed by atoms with van der Waals surface area (Å²) in [5.41, 5.74) is -0.193. The summed E-state index contributed by atoms with van der Waals surface area (Å²) in [6, 6.07) is 1.45. The van der Waals surface area contributed by atoms with Gasteiger partial charge in [0.25, 0.3) is 5.91 Å². The summed E-state index contributed by atoms with van der Waals surface area (Å²) in [7, 11) is 0. The van der Waals surface area contributed by atoms with Gasteiger partial charge in [0.2, 0.25) is 5.91 Å². The van der Waals surface area contributed by atoms with E-state index in [9.17, 15) is 27.9 Å². The molecule has 1 aromatic rings. The van der Waals surface area contributed by atoms with Gasteiger partial charge in [-0.2, -0.15) is 13.2 Å². The standard InChI is InChI=1S/C16H17F3N2O4/c1-3-14(23)20-10-4-5-12(22)11(6-10)15(24)21-7-9(2)25-8-13(21)16(17,18)19/h3-6,9,13,22H,1,7-8H2,2H3,(H,20,23). The number of hydrogen-bond acceptors (Lipinski definition) is 4. The van der Waals surface area contributed by atoms with Crippen LogP contribution in [0.1, 0.15) is 17.3 Å². The molecule has 0 aromatic heterocycles. The molecule has 2 unspecified atom stereocenters. The number of halogens is 3. The first kappa shape index (κ1) is 18.8. The molecule has 2 atom stereocenters. The Hall–Kier alpha value is -2.55. The average Bonchev–Trinajstić information content (AvgIpc) is 2.54. The van der Waals surface area contributed by atoms with Gasteiger partial charge >= 0.3 is 6.18 Å². The molecular formula is C16H17F3N2O4. The second kappa shape index (κ2) is 7.14. The first-order valence-corrected chi connectivity index (χ1v) is 7.39. The van der Waals surface area contributed by atoms with Crippen LogP contribution in [0.15, 0.2) is 30.9 Å². The SMILES string of the molecule is C=CC(=O)Nc1ccc(O)c(C(=O)N2CC(C)OCC2C(F)(F)F)c1. The lowest BCUT2D eigenvalue weighted by Crippen LogP contribution is -2.57. The number of amides is 2. The first-order valence-electron chi connectivity index (χ1n) is 7.39. The number of rotatable bonds is 3. The Labute approximate surface area is 141 Å². The molecule has 0 saturated carbocycles. The van der Waals surface area contributed by atoms with Gasteiger partial charge in [0.05, 0.1) is 18.3 Å². The minimum absolute atomic E-state index is 0.149. The second-order valence-electron chi connectivity index (χ2n) is 5.58. The van der Waals surface area contributed by atoms with Gasteiger partial charge in [0.1, 0.15) is 5.75 Å². The highest BCUT2D eigenvalue weighted by molar-refractivity contribution is 6.02. The van der Waals surface area contributed by atoms with Gasteiger partial charge in [-0.05, 0) is 31.2 Å². The minimum Gasteiger partial charge on any atom is -0.507 e. The lowest BCUT2D eigenvalue weighted by molar-refractivity contribution is -0.211. The molecule has 0 spiro atoms. The highest BCUT2D eigenvalue weighted by Crippen LogP contribution is 2.31. The third kappa shape index (κ3) is 4.30. The normalized spacial score (nSPS) is 20.9. The van der Waals surface area contributed by atoms with Gasteiger partial charge in [-0.3, -0.25) is 9.59 Å². The number of nitrogens with one attached hydrogen (secondary N) is 1. The van der Waals surface area contributed by atoms with Crippen molar-refractivity contribution >= 4 is 17.5 Å². The zero-order chi connectivity index (χ0) is 18.8. The van der Waals surface area contributed by atoms with Gasteiger partial charge in [-0.15, -0.1) is 0 Å². The molecule has 136 valence electrons. The van der Waals surface area contributed by atoms with Crippen LogP contribution in [0.25, 0.3) is 0 Å². The molecule has 2 rings (SSSR count). The Morgan fingerprint density at radius 2 is 2.12 bits per heavy atom. The summed E-state index contributed by atoms with van der Waals surface area (Å²) in [5, 5.41) is 12.3. The van der Waals surface area contributed by atoms with E-state index >= 15 is 0 Å². The van der Waals surface area contributed by atoms with E-state index < -0.39 is 42.5 Å². The number of aromatic hydroxyl groups is 1. The predicted octanol–water partition coefficient (Wildman–Crippen LogP) is 2.31. The zero-order valence-electron chi connectivity index (χ0n) is 13.3. The molecule has 9 heteroatoms. The van der Waals surface area contributed by atoms with E-state index in [4.69, 9.17) is 4.74 Å². The molecule has 1 aliphatic rings. The number of anilines is 1. The predicted molar refractivity (Wildman–Crippen MR) is 83.2 cm³/mol. The van der Waals surface area contributed by atoms with Crippen molar-refractivity contribution in [2.75, 3.05) is 18.5 Å². The van der Waals surface area contributed by atoms with Crippen molar-refractivity contribution in [3.8, 4) is 5.75 Å². The van der Waals surface area contributed by atoms with Crippen LogP contribution in [-0.4, -0.2) is 53.3 Å². The highest BCUT2D eigenvalue weighted by atomic mass is 19.4. The number of morpholine rings is 1. The minimum atomic E-state index is -4.67. The van der Waals surface area contributed by atoms with Crippen molar-refractivity contribution in [3.63, 3.8) is 0 Å². The fourth-order valence-corrected chi connectivity index (χ4v) is 2.43. The number of phenols is 1. The molecule has 0 bridgehead atoms. The average molecular weight is 358 g/mol. The molecule has 25 heavy (non-hydrogen) atoms. The van der Waals surface area contributed by atoms with E-state index in [1.807, 2.05) is 0 Å². The third-order valence-electron chi connectivity index (χ3n) is 3.69. The Bertz CT molecular complexity index is 690. The maximum Gasteiger partial charge on any atom is 0.411 e. The van der Waals surface area contributed by atoms with Crippen LogP contribution >= 0.6 is 0 Å². The molecule has 0 aliphatic carbocycles. The molecule has 2 N–H and O–H groups in total. The van der Waals surface area contributed by atoms with Gasteiger partial charge in [-0.1, -0.05) is 6.58 Å². The number of nitrogens with zero attached hydrogens (tertiary/aromatic N) is 1. The highest BCUT2D eigenvalue weighted by Gasteiger charge is 2.48. The van der Waals surface area contributed by atoms with Crippen molar-refractivity contribution in [1.82, 2.24) is 4.90 Å². The topological polar surface area (TPSA) is 78.9 Å². The van der Waals surface area contributed by atoms with Crippen LogP contribution < -0.4 is 5.32 Å². The molecule has 2 amide bonds. The van der Waals surface area contributed by atoms with Crippen LogP contribution in [0.2, 0.25) is 0 Å². The number of carbonyl (C=O) groups is 2. The van der Waals surface area contributed by atoms with Gasteiger partial charge in [0, 0.05) is 12.2 Å². The monoisotopic (exact) mass is 358 g/mol. The Kier molecular flexibility index (Phi) is 5.36. The molecule has 0 radical (unpaired) electrons. The van der Waals surface area contributed by atoms with E-state index in [2.05, 4.69) is 11.9 Å². The van der Waals surface area contributed by atoms with E-state index in [-0.39, 0.29) is 17.8 Å². The molecule has 1 fully saturated rings. The Morgan fingerprint density at radius 1 is 1.44 bits per heavy atom. The van der Waals surface area contributed by atoms with Crippen molar-refractivity contribution < 1.29 is 32.6 Å². The molecule has 1 aliphatic heterocycles. The second-order valence-corrected chi connectivity index (χ2v) is 5.58. The number of benzene rings is 1. The first-order chi connectivity index (χ1) is 11.6. The van der Waals surface area contributed by atoms with E-state index in [1.165, 1.54) is 6.07 Å². The van der Waals surface area contributed by atoms with Gasteiger partial charge < -0.3 is 20.1 Å². The summed E-state index contributed by atoms with van der Waals surface area (Å²) in [6.45, 7) is 3.88. The fraction of sp³-hybridized carbons (Fsp3) is 0.375. The van der Waals surface area contributed by atoms with Crippen molar-refractivity contribution in [2.45, 2.75) is 25.2 Å². The van der Waals surface area contributed by atoms with Crippen LogP contribution in [0.3, 0.4) is 0 Å². The van der Waals surface area contributed by atoms with Crippen LogP contribution in [0, 0.1) is 0 Å². The molecule has 1 aromatic carbocycles. The van der Waals surface area contributed by atoms with Crippen molar-refractivity contribution in [2.24, 2.45) is 0 Å². The quantitative estimate of drug-likeness (QED) is 0.642. The summed E-state index contributed by atoms with van der Waals surface area (Å²) in [6.07, 6.45) is -4.24. The largest absolute Gasteiger partial charge is 0.507 e. The Balaban J connectivity index is 2.35. The summed E-state index contributed by atoms with van der Waals surface area (Å²) >= 11 is 0. The van der Waals surface area contributed by atoms with Crippen LogP contribution in [0.5, 0.6) is 5.75 Å². The number of phenolic OH excluding ortho intramolecular Hbond substituents is 1. The van der Waals surface area contributed by atoms with Crippen LogP contribution in [-0.2, 0) is 9.53 Å². The maximum atomic E-state index is 13.2. The lowest BCUT2D eigenvalue weighted by Gasteiger charge is -2.39. The lowest BCUT2D eigenvalue weighted by atomic mass is 10.1. The maximum absolute atomic E-state index is 13.2. The van der Waals surface area contributed by atoms with Gasteiger partial charge in [-0.25, -0.2) is 0 Å². The Morgan fingerprint density at radius 3 is 2.72 bits per heavy atom. The third-order valence-corrected chi connectivity index (χ3v) is 3.69. The van der Waals surface area contributed by atoms with Crippen LogP contribution in [0.4, 0.5) is 18.9 Å². The summed E-state index contributed by atoms with van der Waals surface area (Å²) in [5.74, 6) is -2.04. The smallest absolute Gasteiger partial charge is 0.411 e. The molecule has 1 saturated heterocycles. The zero-order valence-corrected chi connectivity index (χ0v) is 13.3. The molecular weight excluding hydrogens is 341 g/mol. The van der Waals surface area contributed by atoms with Gasteiger partial charge in [0.15, 0.2) is 6.04 Å². The van der Waals surface area contributed by atoms with E-state index in [0.29, 0.717) is 4.90 Å². The van der Waals surface area contributed by atoms with E-state index in [0.717, 1.165) is 18.2 Å². The number of carbonyl (C=O) groups excluding carboxylic acids is 2. The number of alkyl halides is 3. The fourth-order valence-electron chi connectivity index (χ4n) is 2.43. The number of ether oxygens (including phenoxy) is 1.